The summed E-state index contributed by atoms with van der Waals surface area (Å²) in [6.07, 6.45) is 1.64. The number of furan rings is 1. The maximum atomic E-state index is 12.8. The minimum atomic E-state index is -0.110. The van der Waals surface area contributed by atoms with Gasteiger partial charge in [-0.25, -0.2) is 0 Å². The van der Waals surface area contributed by atoms with Gasteiger partial charge in [-0.15, -0.1) is 0 Å². The number of hydrogen-bond acceptors (Lipinski definition) is 3. The van der Waals surface area contributed by atoms with E-state index in [0.717, 1.165) is 27.8 Å². The number of aromatic nitrogens is 1. The summed E-state index contributed by atoms with van der Waals surface area (Å²) in [6.45, 7) is 4.91. The van der Waals surface area contributed by atoms with E-state index < -0.39 is 0 Å². The van der Waals surface area contributed by atoms with Crippen LogP contribution in [-0.2, 0) is 13.1 Å². The van der Waals surface area contributed by atoms with E-state index in [1.807, 2.05) is 66.4 Å². The Labute approximate surface area is 186 Å². The molecule has 31 heavy (non-hydrogen) atoms. The van der Waals surface area contributed by atoms with Crippen LogP contribution < -0.4 is 10.9 Å². The molecule has 0 radical (unpaired) electrons. The number of aromatic amines is 1. The SMILES string of the molecule is Cc1ccc2cc(CN(Cc3ccco3)C(=S)N[C@@H](C)c3ccccc3)c(=O)[nH]c2c1. The number of thiocarbonyl (C=S) groups is 1. The summed E-state index contributed by atoms with van der Waals surface area (Å²) >= 11 is 5.74. The lowest BCUT2D eigenvalue weighted by atomic mass is 10.1. The standard InChI is InChI=1S/C25H25N3O2S/c1-17-10-11-20-14-21(24(29)27-23(20)13-17)15-28(16-22-9-6-12-30-22)25(31)26-18(2)19-7-4-3-5-8-19/h3-14,18H,15-16H2,1-2H3,(H,26,31)(H,27,29)/t18-/m0/s1. The molecule has 2 heterocycles. The number of aryl methyl sites for hydroxylation is 1. The van der Waals surface area contributed by atoms with Crippen molar-refractivity contribution in [3.8, 4) is 0 Å². The molecule has 0 bridgehead atoms. The van der Waals surface area contributed by atoms with Crippen molar-refractivity contribution in [1.82, 2.24) is 15.2 Å². The third-order valence-corrected chi connectivity index (χ3v) is 5.67. The number of pyridine rings is 1. The van der Waals surface area contributed by atoms with Gasteiger partial charge in [0.15, 0.2) is 5.11 Å². The molecule has 2 aromatic heterocycles. The van der Waals surface area contributed by atoms with Crippen molar-refractivity contribution in [3.63, 3.8) is 0 Å². The van der Waals surface area contributed by atoms with E-state index in [-0.39, 0.29) is 11.6 Å². The Bertz CT molecular complexity index is 1230. The average Bonchev–Trinajstić information content (AvgIpc) is 3.27. The normalized spacial score (nSPS) is 11.9. The zero-order chi connectivity index (χ0) is 21.8. The molecule has 0 aliphatic heterocycles. The van der Waals surface area contributed by atoms with E-state index in [0.29, 0.717) is 23.8 Å². The van der Waals surface area contributed by atoms with Gasteiger partial charge < -0.3 is 19.6 Å². The predicted molar refractivity (Wildman–Crippen MR) is 128 cm³/mol. The molecule has 0 spiro atoms. The van der Waals surface area contributed by atoms with Crippen molar-refractivity contribution in [2.45, 2.75) is 33.0 Å². The fourth-order valence-corrected chi connectivity index (χ4v) is 3.88. The number of nitrogens with one attached hydrogen (secondary N) is 2. The first kappa shape index (κ1) is 20.9. The van der Waals surface area contributed by atoms with E-state index in [2.05, 4.69) is 29.4 Å². The van der Waals surface area contributed by atoms with Crippen molar-refractivity contribution in [2.24, 2.45) is 0 Å². The van der Waals surface area contributed by atoms with Gasteiger partial charge in [0.05, 0.1) is 25.4 Å². The number of H-pyrrole nitrogens is 1. The van der Waals surface area contributed by atoms with Crippen molar-refractivity contribution < 1.29 is 4.42 Å². The van der Waals surface area contributed by atoms with Crippen LogP contribution in [0.2, 0.25) is 0 Å². The van der Waals surface area contributed by atoms with Gasteiger partial charge in [0.2, 0.25) is 0 Å². The zero-order valence-electron chi connectivity index (χ0n) is 17.6. The molecule has 5 nitrogen and oxygen atoms in total. The van der Waals surface area contributed by atoms with Gasteiger partial charge in [-0.1, -0.05) is 42.5 Å². The van der Waals surface area contributed by atoms with Gasteiger partial charge in [-0.3, -0.25) is 4.79 Å². The molecule has 0 unspecified atom stereocenters. The third kappa shape index (κ3) is 5.03. The quantitative estimate of drug-likeness (QED) is 0.418. The van der Waals surface area contributed by atoms with Crippen LogP contribution in [0.4, 0.5) is 0 Å². The van der Waals surface area contributed by atoms with E-state index in [9.17, 15) is 4.79 Å². The molecule has 0 fully saturated rings. The fourth-order valence-electron chi connectivity index (χ4n) is 3.57. The first-order valence-electron chi connectivity index (χ1n) is 10.2. The summed E-state index contributed by atoms with van der Waals surface area (Å²) in [4.78, 5) is 17.7. The van der Waals surface area contributed by atoms with Crippen LogP contribution in [0.25, 0.3) is 10.9 Å². The smallest absolute Gasteiger partial charge is 0.253 e. The Morgan fingerprint density at radius 2 is 1.90 bits per heavy atom. The average molecular weight is 432 g/mol. The summed E-state index contributed by atoms with van der Waals surface area (Å²) in [5.41, 5.74) is 3.63. The molecule has 0 saturated heterocycles. The monoisotopic (exact) mass is 431 g/mol. The van der Waals surface area contributed by atoms with E-state index in [1.165, 1.54) is 0 Å². The van der Waals surface area contributed by atoms with Crippen LogP contribution in [0, 0.1) is 6.92 Å². The highest BCUT2D eigenvalue weighted by molar-refractivity contribution is 7.80. The number of hydrogen-bond donors (Lipinski definition) is 2. The molecule has 4 aromatic rings. The highest BCUT2D eigenvalue weighted by Crippen LogP contribution is 2.17. The predicted octanol–water partition coefficient (Wildman–Crippen LogP) is 5.07. The molecule has 0 saturated carbocycles. The number of fused-ring (bicyclic) bond motifs is 1. The minimum absolute atomic E-state index is 0.0330. The van der Waals surface area contributed by atoms with Crippen LogP contribution in [0.3, 0.4) is 0 Å². The molecule has 158 valence electrons. The van der Waals surface area contributed by atoms with E-state index in [4.69, 9.17) is 16.6 Å². The first-order valence-corrected chi connectivity index (χ1v) is 10.7. The van der Waals surface area contributed by atoms with Crippen LogP contribution in [0.15, 0.2) is 82.2 Å². The van der Waals surface area contributed by atoms with Gasteiger partial charge in [0, 0.05) is 11.1 Å². The Morgan fingerprint density at radius 1 is 1.10 bits per heavy atom. The van der Waals surface area contributed by atoms with Crippen molar-refractivity contribution in [1.29, 1.82) is 0 Å². The number of rotatable bonds is 6. The lowest BCUT2D eigenvalue weighted by molar-refractivity contribution is 0.347. The summed E-state index contributed by atoms with van der Waals surface area (Å²) in [5.74, 6) is 0.782. The molecule has 1 atom stereocenters. The Kier molecular flexibility index (Phi) is 6.18. The first-order chi connectivity index (χ1) is 15.0. The summed E-state index contributed by atoms with van der Waals surface area (Å²) in [6, 6.07) is 21.9. The van der Waals surface area contributed by atoms with Gasteiger partial charge in [-0.2, -0.15) is 0 Å². The summed E-state index contributed by atoms with van der Waals surface area (Å²) in [7, 11) is 0. The molecular weight excluding hydrogens is 406 g/mol. The largest absolute Gasteiger partial charge is 0.467 e. The number of nitrogens with zero attached hydrogens (tertiary/aromatic N) is 1. The molecule has 4 rings (SSSR count). The molecule has 2 aromatic carbocycles. The lowest BCUT2D eigenvalue weighted by Crippen LogP contribution is -2.41. The highest BCUT2D eigenvalue weighted by atomic mass is 32.1. The van der Waals surface area contributed by atoms with Crippen LogP contribution in [0.1, 0.15) is 35.4 Å². The highest BCUT2D eigenvalue weighted by Gasteiger charge is 2.17. The number of benzene rings is 2. The van der Waals surface area contributed by atoms with Gasteiger partial charge in [0.1, 0.15) is 5.76 Å². The van der Waals surface area contributed by atoms with Crippen molar-refractivity contribution in [2.75, 3.05) is 0 Å². The maximum absolute atomic E-state index is 12.8. The van der Waals surface area contributed by atoms with Gasteiger partial charge in [0.25, 0.3) is 5.56 Å². The maximum Gasteiger partial charge on any atom is 0.253 e. The van der Waals surface area contributed by atoms with Gasteiger partial charge in [-0.05, 0) is 66.8 Å². The topological polar surface area (TPSA) is 61.3 Å². The van der Waals surface area contributed by atoms with Crippen LogP contribution in [-0.4, -0.2) is 15.0 Å². The Hall–Kier alpha value is -3.38. The van der Waals surface area contributed by atoms with Gasteiger partial charge >= 0.3 is 0 Å². The van der Waals surface area contributed by atoms with E-state index >= 15 is 0 Å². The Balaban J connectivity index is 1.60. The third-order valence-electron chi connectivity index (χ3n) is 5.29. The van der Waals surface area contributed by atoms with Crippen molar-refractivity contribution in [3.05, 3.63) is 106 Å². The summed E-state index contributed by atoms with van der Waals surface area (Å²) in [5, 5.41) is 4.96. The van der Waals surface area contributed by atoms with Crippen LogP contribution in [0.5, 0.6) is 0 Å². The molecule has 0 aliphatic rings. The zero-order valence-corrected chi connectivity index (χ0v) is 18.4. The molecular formula is C25H25N3O2S. The molecule has 2 N–H and O–H groups in total. The van der Waals surface area contributed by atoms with Crippen LogP contribution >= 0.6 is 12.2 Å². The summed E-state index contributed by atoms with van der Waals surface area (Å²) < 4.78 is 5.54. The lowest BCUT2D eigenvalue weighted by Gasteiger charge is -2.27. The fraction of sp³-hybridized carbons (Fsp3) is 0.200. The Morgan fingerprint density at radius 3 is 2.65 bits per heavy atom. The minimum Gasteiger partial charge on any atom is -0.467 e. The molecule has 6 heteroatoms. The van der Waals surface area contributed by atoms with Crippen molar-refractivity contribution >= 4 is 28.2 Å². The molecule has 0 amide bonds. The second-order valence-corrected chi connectivity index (χ2v) is 8.12. The molecule has 0 aliphatic carbocycles. The van der Waals surface area contributed by atoms with E-state index in [1.54, 1.807) is 6.26 Å². The second kappa shape index (κ2) is 9.18. The second-order valence-electron chi connectivity index (χ2n) is 7.73.